The molecule has 1 N–H and O–H groups in total. The van der Waals surface area contributed by atoms with E-state index in [1.807, 2.05) is 0 Å². The summed E-state index contributed by atoms with van der Waals surface area (Å²) < 4.78 is 27.5. The van der Waals surface area contributed by atoms with Crippen LogP contribution in [0.4, 0.5) is 0 Å². The van der Waals surface area contributed by atoms with Crippen molar-refractivity contribution in [1.82, 2.24) is 9.62 Å². The van der Waals surface area contributed by atoms with Crippen LogP contribution >= 0.6 is 23.2 Å². The summed E-state index contributed by atoms with van der Waals surface area (Å²) in [6.07, 6.45) is 3.89. The molecular formula is C14H18Cl2N2O2S. The Hall–Kier alpha value is -0.330. The second-order valence-electron chi connectivity index (χ2n) is 5.58. The second-order valence-corrected chi connectivity index (χ2v) is 8.22. The lowest BCUT2D eigenvalue weighted by Crippen LogP contribution is -2.46. The first-order chi connectivity index (χ1) is 10.0. The van der Waals surface area contributed by atoms with Crippen molar-refractivity contribution < 1.29 is 8.42 Å². The molecule has 4 nitrogen and oxygen atoms in total. The standard InChI is InChI=1S/C14H18Cl2N2O2S/c15-10-4-1-5-11(16)14(10)21(19,20)18-9-3-7-13(18)12-6-2-8-17-12/h1,4-5,12-13,17H,2-3,6-9H2. The molecule has 2 heterocycles. The third-order valence-electron chi connectivity index (χ3n) is 4.30. The Balaban J connectivity index is 1.97. The molecular weight excluding hydrogens is 331 g/mol. The minimum absolute atomic E-state index is 0.00448. The molecule has 0 radical (unpaired) electrons. The molecule has 0 aromatic heterocycles. The van der Waals surface area contributed by atoms with Crippen LogP contribution in [-0.2, 0) is 10.0 Å². The molecule has 116 valence electrons. The summed E-state index contributed by atoms with van der Waals surface area (Å²) in [5.41, 5.74) is 0. The monoisotopic (exact) mass is 348 g/mol. The molecule has 2 aliphatic rings. The Morgan fingerprint density at radius 3 is 2.48 bits per heavy atom. The molecule has 7 heteroatoms. The number of hydrogen-bond donors (Lipinski definition) is 1. The number of hydrogen-bond acceptors (Lipinski definition) is 3. The summed E-state index contributed by atoms with van der Waals surface area (Å²) in [5.74, 6) is 0. The summed E-state index contributed by atoms with van der Waals surface area (Å²) >= 11 is 12.2. The van der Waals surface area contributed by atoms with Crippen molar-refractivity contribution in [3.63, 3.8) is 0 Å². The van der Waals surface area contributed by atoms with Gasteiger partial charge in [0.25, 0.3) is 0 Å². The van der Waals surface area contributed by atoms with Gasteiger partial charge in [0.2, 0.25) is 10.0 Å². The van der Waals surface area contributed by atoms with Crippen LogP contribution in [0.5, 0.6) is 0 Å². The van der Waals surface area contributed by atoms with E-state index in [0.717, 1.165) is 32.2 Å². The van der Waals surface area contributed by atoms with Gasteiger partial charge in [-0.2, -0.15) is 4.31 Å². The lowest BCUT2D eigenvalue weighted by Gasteiger charge is -2.29. The zero-order valence-electron chi connectivity index (χ0n) is 11.6. The molecule has 0 amide bonds. The topological polar surface area (TPSA) is 49.4 Å². The van der Waals surface area contributed by atoms with Gasteiger partial charge < -0.3 is 5.32 Å². The fourth-order valence-electron chi connectivity index (χ4n) is 3.35. The molecule has 0 bridgehead atoms. The predicted molar refractivity (Wildman–Crippen MR) is 84.4 cm³/mol. The third kappa shape index (κ3) is 2.82. The van der Waals surface area contributed by atoms with Gasteiger partial charge in [0.15, 0.2) is 0 Å². The first-order valence-corrected chi connectivity index (χ1v) is 9.40. The summed E-state index contributed by atoms with van der Waals surface area (Å²) in [5, 5.41) is 3.78. The Morgan fingerprint density at radius 1 is 1.14 bits per heavy atom. The minimum atomic E-state index is -3.66. The first kappa shape index (κ1) is 15.6. The van der Waals surface area contributed by atoms with Gasteiger partial charge in [-0.3, -0.25) is 0 Å². The highest BCUT2D eigenvalue weighted by Gasteiger charge is 2.41. The lowest BCUT2D eigenvalue weighted by atomic mass is 10.1. The van der Waals surface area contributed by atoms with E-state index < -0.39 is 10.0 Å². The van der Waals surface area contributed by atoms with E-state index >= 15 is 0 Å². The molecule has 2 saturated heterocycles. The van der Waals surface area contributed by atoms with Crippen LogP contribution in [-0.4, -0.2) is 37.9 Å². The van der Waals surface area contributed by atoms with Crippen LogP contribution in [0.15, 0.2) is 23.1 Å². The largest absolute Gasteiger partial charge is 0.312 e. The number of nitrogens with zero attached hydrogens (tertiary/aromatic N) is 1. The van der Waals surface area contributed by atoms with E-state index in [0.29, 0.717) is 6.54 Å². The first-order valence-electron chi connectivity index (χ1n) is 7.21. The maximum absolute atomic E-state index is 13.0. The average Bonchev–Trinajstić information content (AvgIpc) is 3.09. The van der Waals surface area contributed by atoms with Crippen LogP contribution in [0.25, 0.3) is 0 Å². The van der Waals surface area contributed by atoms with Gasteiger partial charge in [0, 0.05) is 18.6 Å². The summed E-state index contributed by atoms with van der Waals surface area (Å²) in [7, 11) is -3.66. The molecule has 2 fully saturated rings. The van der Waals surface area contributed by atoms with Crippen LogP contribution < -0.4 is 5.32 Å². The predicted octanol–water partition coefficient (Wildman–Crippen LogP) is 2.90. The maximum atomic E-state index is 13.0. The van der Waals surface area contributed by atoms with Crippen LogP contribution in [0.3, 0.4) is 0 Å². The summed E-state index contributed by atoms with van der Waals surface area (Å²) in [4.78, 5) is 0.0400. The quantitative estimate of drug-likeness (QED) is 0.913. The molecule has 3 rings (SSSR count). The SMILES string of the molecule is O=S(=O)(c1c(Cl)cccc1Cl)N1CCCC1C1CCCN1. The van der Waals surface area contributed by atoms with E-state index in [2.05, 4.69) is 5.32 Å². The Bertz CT molecular complexity index is 610. The van der Waals surface area contributed by atoms with Gasteiger partial charge in [-0.05, 0) is 44.4 Å². The van der Waals surface area contributed by atoms with Crippen molar-refractivity contribution in [2.75, 3.05) is 13.1 Å². The van der Waals surface area contributed by atoms with E-state index in [1.165, 1.54) is 0 Å². The Labute approximate surface area is 135 Å². The van der Waals surface area contributed by atoms with Gasteiger partial charge in [-0.25, -0.2) is 8.42 Å². The molecule has 0 aliphatic carbocycles. The van der Waals surface area contributed by atoms with E-state index in [9.17, 15) is 8.42 Å². The number of sulfonamides is 1. The third-order valence-corrected chi connectivity index (χ3v) is 7.18. The fourth-order valence-corrected chi connectivity index (χ4v) is 6.18. The van der Waals surface area contributed by atoms with Gasteiger partial charge in [0.05, 0.1) is 10.0 Å². The molecule has 2 unspecified atom stereocenters. The highest BCUT2D eigenvalue weighted by atomic mass is 35.5. The molecule has 0 spiro atoms. The zero-order chi connectivity index (χ0) is 15.0. The lowest BCUT2D eigenvalue weighted by molar-refractivity contribution is 0.322. The molecule has 1 aromatic carbocycles. The summed E-state index contributed by atoms with van der Waals surface area (Å²) in [6, 6.07) is 5.04. The van der Waals surface area contributed by atoms with Crippen LogP contribution in [0.2, 0.25) is 10.0 Å². The number of rotatable bonds is 3. The van der Waals surface area contributed by atoms with E-state index in [1.54, 1.807) is 22.5 Å². The van der Waals surface area contributed by atoms with Crippen LogP contribution in [0.1, 0.15) is 25.7 Å². The maximum Gasteiger partial charge on any atom is 0.246 e. The zero-order valence-corrected chi connectivity index (χ0v) is 13.9. The van der Waals surface area contributed by atoms with E-state index in [-0.39, 0.29) is 27.0 Å². The smallest absolute Gasteiger partial charge is 0.246 e. The fraction of sp³-hybridized carbons (Fsp3) is 0.571. The highest BCUT2D eigenvalue weighted by molar-refractivity contribution is 7.89. The van der Waals surface area contributed by atoms with E-state index in [4.69, 9.17) is 23.2 Å². The second kappa shape index (κ2) is 6.05. The normalized spacial score (nSPS) is 27.3. The highest BCUT2D eigenvalue weighted by Crippen LogP contribution is 2.36. The molecule has 0 saturated carbocycles. The number of halogens is 2. The van der Waals surface area contributed by atoms with Gasteiger partial charge >= 0.3 is 0 Å². The Kier molecular flexibility index (Phi) is 4.48. The van der Waals surface area contributed by atoms with Crippen LogP contribution in [0, 0.1) is 0 Å². The number of benzene rings is 1. The average molecular weight is 349 g/mol. The number of nitrogens with one attached hydrogen (secondary N) is 1. The Morgan fingerprint density at radius 2 is 1.86 bits per heavy atom. The minimum Gasteiger partial charge on any atom is -0.312 e. The van der Waals surface area contributed by atoms with Crippen molar-refractivity contribution in [2.24, 2.45) is 0 Å². The molecule has 1 aromatic rings. The molecule has 21 heavy (non-hydrogen) atoms. The summed E-state index contributed by atoms with van der Waals surface area (Å²) in [6.45, 7) is 1.49. The van der Waals surface area contributed by atoms with Crippen molar-refractivity contribution in [3.05, 3.63) is 28.2 Å². The van der Waals surface area contributed by atoms with Crippen molar-refractivity contribution in [1.29, 1.82) is 0 Å². The molecule has 2 atom stereocenters. The van der Waals surface area contributed by atoms with Crippen molar-refractivity contribution in [2.45, 2.75) is 42.7 Å². The van der Waals surface area contributed by atoms with Crippen molar-refractivity contribution in [3.8, 4) is 0 Å². The van der Waals surface area contributed by atoms with Gasteiger partial charge in [-0.1, -0.05) is 29.3 Å². The van der Waals surface area contributed by atoms with Gasteiger partial charge in [-0.15, -0.1) is 0 Å². The van der Waals surface area contributed by atoms with Gasteiger partial charge in [0.1, 0.15) is 4.90 Å². The van der Waals surface area contributed by atoms with Crippen molar-refractivity contribution >= 4 is 33.2 Å². The molecule has 2 aliphatic heterocycles.